The predicted octanol–water partition coefficient (Wildman–Crippen LogP) is 4.60. The van der Waals surface area contributed by atoms with Gasteiger partial charge in [0.15, 0.2) is 0 Å². The number of benzene rings is 3. The first-order valence-electron chi connectivity index (χ1n) is 7.63. The van der Waals surface area contributed by atoms with Crippen LogP contribution in [0.15, 0.2) is 89.9 Å². The maximum atomic E-state index is 12.9. The molecule has 3 aromatic carbocycles. The molecule has 0 radical (unpaired) electrons. The summed E-state index contributed by atoms with van der Waals surface area (Å²) in [7, 11) is 0. The number of hydrogen-bond acceptors (Lipinski definition) is 4. The molecule has 0 N–H and O–H groups in total. The lowest BCUT2D eigenvalue weighted by atomic mass is 10.00. The third-order valence-electron chi connectivity index (χ3n) is 3.60. The summed E-state index contributed by atoms with van der Waals surface area (Å²) in [5.74, 6) is -0.287. The molecule has 0 aliphatic heterocycles. The Kier molecular flexibility index (Phi) is 4.76. The van der Waals surface area contributed by atoms with Crippen LogP contribution in [0.2, 0.25) is 0 Å². The number of nitro groups is 1. The molecule has 0 atom stereocenters. The lowest BCUT2D eigenvalue weighted by Gasteiger charge is -2.07. The van der Waals surface area contributed by atoms with Gasteiger partial charge in [-0.05, 0) is 24.3 Å². The summed E-state index contributed by atoms with van der Waals surface area (Å²) in [4.78, 5) is 27.7. The van der Waals surface area contributed by atoms with Crippen molar-refractivity contribution in [2.45, 2.75) is 0 Å². The second kappa shape index (κ2) is 7.31. The minimum atomic E-state index is -0.496. The Labute approximate surface area is 144 Å². The number of ketones is 1. The van der Waals surface area contributed by atoms with Gasteiger partial charge in [-0.15, -0.1) is 0 Å². The van der Waals surface area contributed by atoms with Crippen LogP contribution in [0, 0.1) is 10.1 Å². The average molecular weight is 330 g/mol. The van der Waals surface area contributed by atoms with Crippen LogP contribution in [0.4, 0.5) is 11.4 Å². The van der Waals surface area contributed by atoms with Crippen molar-refractivity contribution >= 4 is 22.9 Å². The summed E-state index contributed by atoms with van der Waals surface area (Å²) < 4.78 is 0. The highest BCUT2D eigenvalue weighted by Gasteiger charge is 2.17. The van der Waals surface area contributed by atoms with Crippen LogP contribution in [-0.4, -0.2) is 16.4 Å². The largest absolute Gasteiger partial charge is 0.287 e. The van der Waals surface area contributed by atoms with Gasteiger partial charge >= 0.3 is 0 Å². The van der Waals surface area contributed by atoms with Crippen molar-refractivity contribution in [3.05, 3.63) is 106 Å². The third-order valence-corrected chi connectivity index (χ3v) is 3.60. The number of hydrogen-bond donors (Lipinski definition) is 0. The fourth-order valence-corrected chi connectivity index (χ4v) is 2.35. The van der Waals surface area contributed by atoms with Crippen LogP contribution in [0.3, 0.4) is 0 Å². The first kappa shape index (κ1) is 16.3. The zero-order valence-electron chi connectivity index (χ0n) is 13.2. The SMILES string of the molecule is O=C(C(=Nc1ccccc1)c1ccccc1)c1ccc([N+](=O)[O-])cc1. The fourth-order valence-electron chi connectivity index (χ4n) is 2.35. The molecule has 0 aliphatic carbocycles. The summed E-state index contributed by atoms with van der Waals surface area (Å²) in [6.07, 6.45) is 0. The summed E-state index contributed by atoms with van der Waals surface area (Å²) in [6, 6.07) is 23.9. The van der Waals surface area contributed by atoms with Crippen molar-refractivity contribution < 1.29 is 9.72 Å². The molecular weight excluding hydrogens is 316 g/mol. The molecule has 25 heavy (non-hydrogen) atoms. The molecule has 0 heterocycles. The Bertz CT molecular complexity index is 918. The van der Waals surface area contributed by atoms with Gasteiger partial charge in [0.05, 0.1) is 10.6 Å². The van der Waals surface area contributed by atoms with Crippen LogP contribution < -0.4 is 0 Å². The molecule has 122 valence electrons. The lowest BCUT2D eigenvalue weighted by Crippen LogP contribution is -2.15. The maximum absolute atomic E-state index is 12.9. The van der Waals surface area contributed by atoms with Crippen molar-refractivity contribution in [1.82, 2.24) is 0 Å². The normalized spacial score (nSPS) is 11.1. The molecule has 0 saturated heterocycles. The molecular formula is C20H14N2O3. The molecule has 3 rings (SSSR count). The highest BCUT2D eigenvalue weighted by atomic mass is 16.6. The Morgan fingerprint density at radius 3 is 1.88 bits per heavy atom. The molecule has 0 bridgehead atoms. The summed E-state index contributed by atoms with van der Waals surface area (Å²) in [5.41, 5.74) is 1.94. The van der Waals surface area contributed by atoms with E-state index in [1.807, 2.05) is 60.7 Å². The number of carbonyl (C=O) groups excluding carboxylic acids is 1. The number of aliphatic imine (C=N–C) groups is 1. The van der Waals surface area contributed by atoms with E-state index in [-0.39, 0.29) is 11.5 Å². The fraction of sp³-hybridized carbons (Fsp3) is 0. The van der Waals surface area contributed by atoms with Gasteiger partial charge in [-0.25, -0.2) is 4.99 Å². The third kappa shape index (κ3) is 3.84. The number of carbonyl (C=O) groups is 1. The van der Waals surface area contributed by atoms with Gasteiger partial charge in [0, 0.05) is 23.3 Å². The van der Waals surface area contributed by atoms with Gasteiger partial charge in [0.2, 0.25) is 5.78 Å². The molecule has 3 aromatic rings. The van der Waals surface area contributed by atoms with E-state index in [9.17, 15) is 14.9 Å². The van der Waals surface area contributed by atoms with Gasteiger partial charge in [-0.3, -0.25) is 14.9 Å². The number of rotatable bonds is 5. The number of nitro benzene ring substituents is 1. The summed E-state index contributed by atoms with van der Waals surface area (Å²) in [6.45, 7) is 0. The first-order valence-corrected chi connectivity index (χ1v) is 7.63. The van der Waals surface area contributed by atoms with Crippen LogP contribution in [0.25, 0.3) is 0 Å². The molecule has 0 unspecified atom stereocenters. The van der Waals surface area contributed by atoms with Gasteiger partial charge in [-0.2, -0.15) is 0 Å². The first-order chi connectivity index (χ1) is 12.1. The van der Waals surface area contributed by atoms with Crippen molar-refractivity contribution in [2.75, 3.05) is 0 Å². The van der Waals surface area contributed by atoms with Crippen LogP contribution >= 0.6 is 0 Å². The molecule has 0 amide bonds. The quantitative estimate of drug-likeness (QED) is 0.297. The standard InChI is InChI=1S/C20H14N2O3/c23-20(16-11-13-18(14-12-16)22(24)25)19(15-7-3-1-4-8-15)21-17-9-5-2-6-10-17/h1-14H. The van der Waals surface area contributed by atoms with Gasteiger partial charge in [0.1, 0.15) is 5.71 Å². The van der Waals surface area contributed by atoms with E-state index in [4.69, 9.17) is 0 Å². The molecule has 0 spiro atoms. The van der Waals surface area contributed by atoms with Gasteiger partial charge < -0.3 is 0 Å². The second-order valence-electron chi connectivity index (χ2n) is 5.30. The molecule has 0 aliphatic rings. The van der Waals surface area contributed by atoms with E-state index in [1.54, 1.807) is 0 Å². The Morgan fingerprint density at radius 2 is 1.32 bits per heavy atom. The Morgan fingerprint density at radius 1 is 0.760 bits per heavy atom. The highest BCUT2D eigenvalue weighted by Crippen LogP contribution is 2.18. The van der Waals surface area contributed by atoms with Crippen molar-refractivity contribution in [1.29, 1.82) is 0 Å². The molecule has 0 aromatic heterocycles. The van der Waals surface area contributed by atoms with E-state index in [0.717, 1.165) is 0 Å². The van der Waals surface area contributed by atoms with E-state index in [2.05, 4.69) is 4.99 Å². The van der Waals surface area contributed by atoms with Crippen LogP contribution in [-0.2, 0) is 0 Å². The van der Waals surface area contributed by atoms with E-state index in [0.29, 0.717) is 22.5 Å². The van der Waals surface area contributed by atoms with Crippen LogP contribution in [0.1, 0.15) is 15.9 Å². The number of Topliss-reactive ketones (excluding diaryl/α,β-unsaturated/α-hetero) is 1. The van der Waals surface area contributed by atoms with Gasteiger partial charge in [-0.1, -0.05) is 48.5 Å². The monoisotopic (exact) mass is 330 g/mol. The molecule has 5 nitrogen and oxygen atoms in total. The topological polar surface area (TPSA) is 72.6 Å². The second-order valence-corrected chi connectivity index (χ2v) is 5.30. The summed E-state index contributed by atoms with van der Waals surface area (Å²) >= 11 is 0. The van der Waals surface area contributed by atoms with Crippen molar-refractivity contribution in [3.63, 3.8) is 0 Å². The molecule has 0 saturated carbocycles. The highest BCUT2D eigenvalue weighted by molar-refractivity contribution is 6.51. The number of non-ortho nitro benzene ring substituents is 1. The molecule has 0 fully saturated rings. The minimum absolute atomic E-state index is 0.0576. The van der Waals surface area contributed by atoms with Gasteiger partial charge in [0.25, 0.3) is 5.69 Å². The number of nitrogens with zero attached hydrogens (tertiary/aromatic N) is 2. The zero-order chi connectivity index (χ0) is 17.6. The summed E-state index contributed by atoms with van der Waals surface area (Å²) in [5, 5.41) is 10.8. The smallest absolute Gasteiger partial charge is 0.269 e. The average Bonchev–Trinajstić information content (AvgIpc) is 2.67. The van der Waals surface area contributed by atoms with E-state index in [1.165, 1.54) is 24.3 Å². The molecule has 5 heteroatoms. The Balaban J connectivity index is 2.04. The van der Waals surface area contributed by atoms with E-state index < -0.39 is 4.92 Å². The lowest BCUT2D eigenvalue weighted by molar-refractivity contribution is -0.384. The predicted molar refractivity (Wildman–Crippen MR) is 96.5 cm³/mol. The number of para-hydroxylation sites is 1. The maximum Gasteiger partial charge on any atom is 0.269 e. The van der Waals surface area contributed by atoms with Crippen LogP contribution in [0.5, 0.6) is 0 Å². The van der Waals surface area contributed by atoms with Crippen molar-refractivity contribution in [2.24, 2.45) is 4.99 Å². The van der Waals surface area contributed by atoms with E-state index >= 15 is 0 Å². The minimum Gasteiger partial charge on any atom is -0.287 e. The zero-order valence-corrected chi connectivity index (χ0v) is 13.2. The van der Waals surface area contributed by atoms with Crippen molar-refractivity contribution in [3.8, 4) is 0 Å². The Hall–Kier alpha value is -3.60.